The van der Waals surface area contributed by atoms with Gasteiger partial charge in [-0.1, -0.05) is 36.4 Å². The molecule has 0 unspecified atom stereocenters. The topological polar surface area (TPSA) is 166 Å². The minimum absolute atomic E-state index is 0.00374. The Morgan fingerprint density at radius 2 is 1.09 bits per heavy atom. The fourth-order valence-electron chi connectivity index (χ4n) is 3.49. The summed E-state index contributed by atoms with van der Waals surface area (Å²) in [6.45, 7) is 7.04. The van der Waals surface area contributed by atoms with Gasteiger partial charge in [-0.2, -0.15) is 0 Å². The van der Waals surface area contributed by atoms with Crippen molar-refractivity contribution in [1.82, 2.24) is 0 Å². The quantitative estimate of drug-likeness (QED) is 0.322. The van der Waals surface area contributed by atoms with E-state index in [9.17, 15) is 44.4 Å². The number of carboxylic acids is 4. The molecular weight excluding hydrogens is 420 g/mol. The van der Waals surface area contributed by atoms with Gasteiger partial charge in [-0.25, -0.2) is 19.2 Å². The van der Waals surface area contributed by atoms with Crippen LogP contribution in [-0.4, -0.2) is 50.1 Å². The second-order valence-electron chi connectivity index (χ2n) is 6.55. The van der Waals surface area contributed by atoms with Crippen LogP contribution in [0, 0.1) is 0 Å². The average Bonchev–Trinajstić information content (AvgIpc) is 2.72. The van der Waals surface area contributed by atoms with Gasteiger partial charge in [0.05, 0.1) is 22.3 Å². The molecule has 9 nitrogen and oxygen atoms in total. The Bertz CT molecular complexity index is 1190. The molecule has 4 N–H and O–H groups in total. The van der Waals surface area contributed by atoms with E-state index in [1.807, 2.05) is 0 Å². The molecule has 2 aromatic carbocycles. The first-order valence-corrected chi connectivity index (χ1v) is 9.08. The maximum absolute atomic E-state index is 13.5. The minimum atomic E-state index is -2.00. The number of hydrogen-bond donors (Lipinski definition) is 4. The fraction of sp³-hybridized carbons (Fsp3) is 0.0870. The first-order chi connectivity index (χ1) is 15.1. The van der Waals surface area contributed by atoms with Gasteiger partial charge in [-0.05, 0) is 24.0 Å². The summed E-state index contributed by atoms with van der Waals surface area (Å²) < 4.78 is 0. The molecule has 0 saturated heterocycles. The summed E-state index contributed by atoms with van der Waals surface area (Å²) in [5.41, 5.74) is -5.34. The summed E-state index contributed by atoms with van der Waals surface area (Å²) >= 11 is 0. The van der Waals surface area contributed by atoms with Gasteiger partial charge in [0.25, 0.3) is 0 Å². The first-order valence-electron chi connectivity index (χ1n) is 9.08. The SMILES string of the molecule is C=CCc1ccccc1C(=O)c1c(CC=C)c(C(=O)O)c(C(=O)O)c(C(=O)O)c1C(=O)O. The lowest BCUT2D eigenvalue weighted by Gasteiger charge is -2.20. The molecule has 0 aliphatic carbocycles. The van der Waals surface area contributed by atoms with Crippen molar-refractivity contribution in [3.05, 3.63) is 94.1 Å². The van der Waals surface area contributed by atoms with Crippen molar-refractivity contribution in [2.75, 3.05) is 0 Å². The van der Waals surface area contributed by atoms with Gasteiger partial charge < -0.3 is 20.4 Å². The van der Waals surface area contributed by atoms with E-state index in [0.29, 0.717) is 5.56 Å². The van der Waals surface area contributed by atoms with E-state index in [0.717, 1.165) is 6.08 Å². The number of carbonyl (C=O) groups excluding carboxylic acids is 1. The highest BCUT2D eigenvalue weighted by Crippen LogP contribution is 2.32. The van der Waals surface area contributed by atoms with E-state index >= 15 is 0 Å². The van der Waals surface area contributed by atoms with E-state index in [1.54, 1.807) is 12.1 Å². The Balaban J connectivity index is 3.20. The van der Waals surface area contributed by atoms with Gasteiger partial charge >= 0.3 is 23.9 Å². The van der Waals surface area contributed by atoms with E-state index < -0.39 is 69.5 Å². The smallest absolute Gasteiger partial charge is 0.337 e. The second-order valence-corrected chi connectivity index (χ2v) is 6.55. The lowest BCUT2D eigenvalue weighted by Crippen LogP contribution is -2.26. The number of ketones is 1. The van der Waals surface area contributed by atoms with E-state index in [4.69, 9.17) is 0 Å². The Labute approximate surface area is 181 Å². The number of benzene rings is 2. The molecule has 0 bridgehead atoms. The van der Waals surface area contributed by atoms with Crippen molar-refractivity contribution >= 4 is 29.7 Å². The summed E-state index contributed by atoms with van der Waals surface area (Å²) in [6, 6.07) is 6.06. The lowest BCUT2D eigenvalue weighted by atomic mass is 9.81. The highest BCUT2D eigenvalue weighted by molar-refractivity contribution is 6.23. The highest BCUT2D eigenvalue weighted by atomic mass is 16.4. The van der Waals surface area contributed by atoms with Crippen LogP contribution in [0.4, 0.5) is 0 Å². The average molecular weight is 438 g/mol. The van der Waals surface area contributed by atoms with Crippen molar-refractivity contribution < 1.29 is 44.4 Å². The van der Waals surface area contributed by atoms with Gasteiger partial charge in [0, 0.05) is 11.1 Å². The van der Waals surface area contributed by atoms with Crippen LogP contribution in [0.1, 0.15) is 68.5 Å². The summed E-state index contributed by atoms with van der Waals surface area (Å²) in [5, 5.41) is 38.7. The molecular formula is C23H18O9. The monoisotopic (exact) mass is 438 g/mol. The minimum Gasteiger partial charge on any atom is -0.478 e. The third-order valence-electron chi connectivity index (χ3n) is 4.66. The van der Waals surface area contributed by atoms with Crippen LogP contribution in [0.25, 0.3) is 0 Å². The Hall–Kier alpha value is -4.53. The van der Waals surface area contributed by atoms with E-state index in [2.05, 4.69) is 13.2 Å². The van der Waals surface area contributed by atoms with Crippen LogP contribution in [0.15, 0.2) is 49.6 Å². The molecule has 0 atom stereocenters. The zero-order valence-corrected chi connectivity index (χ0v) is 16.6. The lowest BCUT2D eigenvalue weighted by molar-refractivity contribution is 0.0617. The van der Waals surface area contributed by atoms with E-state index in [-0.39, 0.29) is 12.0 Å². The Morgan fingerprint density at radius 3 is 1.56 bits per heavy atom. The largest absolute Gasteiger partial charge is 0.478 e. The number of carboxylic acid groups (broad SMARTS) is 4. The zero-order chi connectivity index (χ0) is 24.2. The Morgan fingerprint density at radius 1 is 0.656 bits per heavy atom. The molecule has 0 amide bonds. The molecule has 0 heterocycles. The number of allylic oxidation sites excluding steroid dienone is 2. The van der Waals surface area contributed by atoms with Gasteiger partial charge in [0.15, 0.2) is 5.78 Å². The fourth-order valence-corrected chi connectivity index (χ4v) is 3.49. The summed E-state index contributed by atoms with van der Waals surface area (Å²) in [5.74, 6) is -8.64. The molecule has 32 heavy (non-hydrogen) atoms. The highest BCUT2D eigenvalue weighted by Gasteiger charge is 2.38. The zero-order valence-electron chi connectivity index (χ0n) is 16.6. The van der Waals surface area contributed by atoms with Crippen molar-refractivity contribution in [3.8, 4) is 0 Å². The van der Waals surface area contributed by atoms with Crippen LogP contribution in [0.3, 0.4) is 0 Å². The van der Waals surface area contributed by atoms with Crippen molar-refractivity contribution in [2.24, 2.45) is 0 Å². The number of hydrogen-bond acceptors (Lipinski definition) is 5. The standard InChI is InChI=1S/C23H18O9/c1-3-7-11-9-5-6-10-12(11)19(24)14-13(8-4-2)15(20(25)26)17(22(29)30)18(23(31)32)16(14)21(27)28/h3-6,9-10H,1-2,7-8H2,(H,25,26)(H,27,28)(H,29,30)(H,31,32). The van der Waals surface area contributed by atoms with Crippen LogP contribution < -0.4 is 0 Å². The van der Waals surface area contributed by atoms with Crippen molar-refractivity contribution in [1.29, 1.82) is 0 Å². The van der Waals surface area contributed by atoms with Crippen LogP contribution in [0.2, 0.25) is 0 Å². The molecule has 0 aromatic heterocycles. The maximum atomic E-state index is 13.5. The third kappa shape index (κ3) is 4.17. The van der Waals surface area contributed by atoms with Gasteiger partial charge in [-0.15, -0.1) is 13.2 Å². The molecule has 0 fully saturated rings. The van der Waals surface area contributed by atoms with Crippen LogP contribution >= 0.6 is 0 Å². The van der Waals surface area contributed by atoms with Gasteiger partial charge in [-0.3, -0.25) is 4.79 Å². The third-order valence-corrected chi connectivity index (χ3v) is 4.66. The van der Waals surface area contributed by atoms with Crippen molar-refractivity contribution in [2.45, 2.75) is 12.8 Å². The Kier molecular flexibility index (Phi) is 7.06. The van der Waals surface area contributed by atoms with Crippen LogP contribution in [0.5, 0.6) is 0 Å². The molecule has 0 radical (unpaired) electrons. The molecule has 164 valence electrons. The van der Waals surface area contributed by atoms with Crippen molar-refractivity contribution in [3.63, 3.8) is 0 Å². The molecule has 2 rings (SSSR count). The second kappa shape index (κ2) is 9.52. The molecule has 9 heteroatoms. The van der Waals surface area contributed by atoms with Gasteiger partial charge in [0.2, 0.25) is 0 Å². The molecule has 0 aliphatic heterocycles. The summed E-state index contributed by atoms with van der Waals surface area (Å²) in [6.07, 6.45) is 2.47. The molecule has 0 aliphatic rings. The predicted molar refractivity (Wildman–Crippen MR) is 112 cm³/mol. The summed E-state index contributed by atoms with van der Waals surface area (Å²) in [7, 11) is 0. The maximum Gasteiger partial charge on any atom is 0.337 e. The first kappa shape index (κ1) is 23.7. The number of rotatable bonds is 10. The molecule has 2 aromatic rings. The molecule has 0 saturated carbocycles. The van der Waals surface area contributed by atoms with E-state index in [1.165, 1.54) is 18.2 Å². The summed E-state index contributed by atoms with van der Waals surface area (Å²) in [4.78, 5) is 61.4. The number of carbonyl (C=O) groups is 5. The normalized spacial score (nSPS) is 10.2. The van der Waals surface area contributed by atoms with Crippen LogP contribution in [-0.2, 0) is 12.8 Å². The molecule has 0 spiro atoms. The van der Waals surface area contributed by atoms with Gasteiger partial charge in [0.1, 0.15) is 0 Å². The predicted octanol–water partition coefficient (Wildman–Crippen LogP) is 3.17. The number of aromatic carboxylic acids is 4.